The second-order valence-corrected chi connectivity index (χ2v) is 6.73. The highest BCUT2D eigenvalue weighted by Crippen LogP contribution is 2.09. The fourth-order valence-electron chi connectivity index (χ4n) is 2.99. The van der Waals surface area contributed by atoms with E-state index in [0.717, 1.165) is 0 Å². The largest absolute Gasteiger partial charge is 1.00 e. The Kier molecular flexibility index (Phi) is 15.9. The van der Waals surface area contributed by atoms with Gasteiger partial charge in [-0.1, -0.05) is 71.6 Å². The molecule has 0 fully saturated rings. The van der Waals surface area contributed by atoms with Crippen LogP contribution in [-0.4, -0.2) is 0 Å². The molecule has 1 rings (SSSR count). The van der Waals surface area contributed by atoms with Crippen molar-refractivity contribution < 1.29 is 17.0 Å². The number of aromatic nitrogens is 1. The van der Waals surface area contributed by atoms with Gasteiger partial charge in [-0.2, -0.15) is 0 Å². The average Bonchev–Trinajstić information content (AvgIpc) is 2.55. The molecule has 0 spiro atoms. The number of hydrogen-bond donors (Lipinski definition) is 0. The van der Waals surface area contributed by atoms with Gasteiger partial charge in [0.15, 0.2) is 12.4 Å². The molecular weight excluding hydrogens is 302 g/mol. The van der Waals surface area contributed by atoms with Gasteiger partial charge in [0.2, 0.25) is 0 Å². The molecule has 0 aliphatic carbocycles. The lowest BCUT2D eigenvalue weighted by molar-refractivity contribution is -0.697. The highest BCUT2D eigenvalue weighted by Gasteiger charge is 2.01. The van der Waals surface area contributed by atoms with E-state index in [4.69, 9.17) is 0 Å². The van der Waals surface area contributed by atoms with Crippen molar-refractivity contribution in [1.82, 2.24) is 0 Å². The zero-order valence-electron chi connectivity index (χ0n) is 15.5. The van der Waals surface area contributed by atoms with E-state index < -0.39 is 0 Å². The molecule has 0 aliphatic rings. The van der Waals surface area contributed by atoms with Crippen molar-refractivity contribution in [3.63, 3.8) is 0 Å². The van der Waals surface area contributed by atoms with Gasteiger partial charge >= 0.3 is 0 Å². The maximum Gasteiger partial charge on any atom is 0.169 e. The third kappa shape index (κ3) is 12.5. The van der Waals surface area contributed by atoms with Crippen LogP contribution >= 0.6 is 0 Å². The molecule has 0 aromatic carbocycles. The van der Waals surface area contributed by atoms with Crippen LogP contribution in [-0.2, 0) is 13.0 Å². The lowest BCUT2D eigenvalue weighted by Crippen LogP contribution is -3.00. The molecule has 0 aliphatic heterocycles. The molecular formula is C21H38ClN. The van der Waals surface area contributed by atoms with E-state index in [1.807, 2.05) is 0 Å². The number of rotatable bonds is 14. The van der Waals surface area contributed by atoms with Gasteiger partial charge in [0.25, 0.3) is 0 Å². The summed E-state index contributed by atoms with van der Waals surface area (Å²) in [6, 6.07) is 4.63. The Morgan fingerprint density at radius 3 is 1.70 bits per heavy atom. The minimum atomic E-state index is 0. The Hall–Kier alpha value is -0.560. The van der Waals surface area contributed by atoms with Gasteiger partial charge < -0.3 is 12.4 Å². The monoisotopic (exact) mass is 339 g/mol. The molecule has 0 bridgehead atoms. The number of hydrogen-bond acceptors (Lipinski definition) is 0. The molecule has 0 radical (unpaired) electrons. The van der Waals surface area contributed by atoms with Crippen molar-refractivity contribution in [3.05, 3.63) is 30.1 Å². The van der Waals surface area contributed by atoms with Crippen molar-refractivity contribution in [2.24, 2.45) is 0 Å². The van der Waals surface area contributed by atoms with Crippen molar-refractivity contribution in [1.29, 1.82) is 0 Å². The maximum atomic E-state index is 2.35. The Morgan fingerprint density at radius 1 is 0.652 bits per heavy atom. The second-order valence-electron chi connectivity index (χ2n) is 6.73. The number of nitrogens with zero attached hydrogens (tertiary/aromatic N) is 1. The summed E-state index contributed by atoms with van der Waals surface area (Å²) in [4.78, 5) is 0. The van der Waals surface area contributed by atoms with Gasteiger partial charge in [-0.05, 0) is 24.8 Å². The number of unbranched alkanes of at least 4 members (excludes halogenated alkanes) is 10. The molecule has 2 heteroatoms. The van der Waals surface area contributed by atoms with Gasteiger partial charge in [0, 0.05) is 18.6 Å². The van der Waals surface area contributed by atoms with Gasteiger partial charge in [0.1, 0.15) is 6.54 Å². The topological polar surface area (TPSA) is 3.88 Å². The van der Waals surface area contributed by atoms with Crippen LogP contribution in [0.2, 0.25) is 0 Å². The smallest absolute Gasteiger partial charge is 0.169 e. The van der Waals surface area contributed by atoms with Crippen LogP contribution in [0, 0.1) is 0 Å². The Bertz CT molecular complexity index is 347. The molecule has 0 atom stereocenters. The van der Waals surface area contributed by atoms with Crippen molar-refractivity contribution in [2.45, 2.75) is 104 Å². The highest BCUT2D eigenvalue weighted by molar-refractivity contribution is 5.07. The Morgan fingerprint density at radius 2 is 1.13 bits per heavy atom. The molecule has 1 aromatic heterocycles. The van der Waals surface area contributed by atoms with Gasteiger partial charge in [-0.15, -0.1) is 0 Å². The fourth-order valence-corrected chi connectivity index (χ4v) is 2.99. The minimum Gasteiger partial charge on any atom is -1.00 e. The maximum absolute atomic E-state index is 2.35. The van der Waals surface area contributed by atoms with Gasteiger partial charge in [0.05, 0.1) is 0 Å². The quantitative estimate of drug-likeness (QED) is 0.362. The predicted molar refractivity (Wildman–Crippen MR) is 97.1 cm³/mol. The number of pyridine rings is 1. The summed E-state index contributed by atoms with van der Waals surface area (Å²) in [7, 11) is 0. The summed E-state index contributed by atoms with van der Waals surface area (Å²) in [5, 5.41) is 0. The summed E-state index contributed by atoms with van der Waals surface area (Å²) >= 11 is 0. The van der Waals surface area contributed by atoms with Crippen LogP contribution in [0.1, 0.15) is 96.5 Å². The summed E-state index contributed by atoms with van der Waals surface area (Å²) in [6.45, 7) is 5.75. The number of halogens is 1. The lowest BCUT2D eigenvalue weighted by atomic mass is 10.1. The van der Waals surface area contributed by atoms with Gasteiger partial charge in [-0.3, -0.25) is 0 Å². The standard InChI is InChI=1S/C21H38N.ClH/c1-3-5-7-9-10-11-12-14-18-22-19-16-21(17-20-22)15-13-8-6-4-2;/h16-17,19-20H,3-15,18H2,1-2H3;1H/q+1;/p-1. The third-order valence-corrected chi connectivity index (χ3v) is 4.55. The first-order chi connectivity index (χ1) is 10.9. The van der Waals surface area contributed by atoms with E-state index in [1.54, 1.807) is 0 Å². The summed E-state index contributed by atoms with van der Waals surface area (Å²) in [5.74, 6) is 0. The molecule has 1 nitrogen and oxygen atoms in total. The molecule has 0 saturated heterocycles. The summed E-state index contributed by atoms with van der Waals surface area (Å²) in [5.41, 5.74) is 1.50. The van der Waals surface area contributed by atoms with Crippen LogP contribution in [0.3, 0.4) is 0 Å². The van der Waals surface area contributed by atoms with Crippen LogP contribution in [0.15, 0.2) is 24.5 Å². The second kappa shape index (κ2) is 16.3. The van der Waals surface area contributed by atoms with Crippen LogP contribution < -0.4 is 17.0 Å². The molecule has 0 amide bonds. The summed E-state index contributed by atoms with van der Waals surface area (Å²) < 4.78 is 2.35. The van der Waals surface area contributed by atoms with Crippen LogP contribution in [0.4, 0.5) is 0 Å². The fraction of sp³-hybridized carbons (Fsp3) is 0.762. The predicted octanol–water partition coefficient (Wildman–Crippen LogP) is 3.24. The van der Waals surface area contributed by atoms with Crippen molar-refractivity contribution >= 4 is 0 Å². The minimum absolute atomic E-state index is 0. The third-order valence-electron chi connectivity index (χ3n) is 4.55. The molecule has 1 heterocycles. The zero-order chi connectivity index (χ0) is 15.9. The van der Waals surface area contributed by atoms with E-state index >= 15 is 0 Å². The first-order valence-corrected chi connectivity index (χ1v) is 9.84. The normalized spacial score (nSPS) is 10.5. The highest BCUT2D eigenvalue weighted by atomic mass is 35.5. The number of aryl methyl sites for hydroxylation is 2. The first-order valence-electron chi connectivity index (χ1n) is 9.84. The zero-order valence-corrected chi connectivity index (χ0v) is 16.3. The van der Waals surface area contributed by atoms with E-state index in [-0.39, 0.29) is 12.4 Å². The van der Waals surface area contributed by atoms with Crippen molar-refractivity contribution in [2.75, 3.05) is 0 Å². The molecule has 23 heavy (non-hydrogen) atoms. The van der Waals surface area contributed by atoms with Crippen LogP contribution in [0.25, 0.3) is 0 Å². The molecule has 0 saturated carbocycles. The Labute approximate surface area is 151 Å². The summed E-state index contributed by atoms with van der Waals surface area (Å²) in [6.07, 6.45) is 22.4. The average molecular weight is 340 g/mol. The van der Waals surface area contributed by atoms with E-state index in [2.05, 4.69) is 42.9 Å². The van der Waals surface area contributed by atoms with E-state index in [1.165, 1.54) is 95.6 Å². The first kappa shape index (κ1) is 22.4. The van der Waals surface area contributed by atoms with Crippen LogP contribution in [0.5, 0.6) is 0 Å². The lowest BCUT2D eigenvalue weighted by Gasteiger charge is -2.02. The van der Waals surface area contributed by atoms with Crippen molar-refractivity contribution in [3.8, 4) is 0 Å². The molecule has 0 unspecified atom stereocenters. The molecule has 1 aromatic rings. The molecule has 0 N–H and O–H groups in total. The van der Waals surface area contributed by atoms with Gasteiger partial charge in [-0.25, -0.2) is 4.57 Å². The molecule has 134 valence electrons. The Balaban J connectivity index is 0.00000484. The van der Waals surface area contributed by atoms with E-state index in [0.29, 0.717) is 0 Å². The van der Waals surface area contributed by atoms with E-state index in [9.17, 15) is 0 Å². The SMILES string of the molecule is CCCCCCCCCC[n+]1ccc(CCCCCC)cc1.[Cl-].